The lowest BCUT2D eigenvalue weighted by molar-refractivity contribution is -0.136. The van der Waals surface area contributed by atoms with Gasteiger partial charge in [-0.2, -0.15) is 8.42 Å². The molecule has 0 bridgehead atoms. The summed E-state index contributed by atoms with van der Waals surface area (Å²) in [6.07, 6.45) is -0.222. The monoisotopic (exact) mass is 349 g/mol. The normalized spacial score (nSPS) is 11.1. The SMILES string of the molecule is CC(=O)Nc1ccc(S(=O)(=O)O)c(-c2cccc(CC(=O)O)c2)c1. The maximum absolute atomic E-state index is 11.6. The molecule has 0 radical (unpaired) electrons. The summed E-state index contributed by atoms with van der Waals surface area (Å²) in [5.41, 5.74) is 1.41. The van der Waals surface area contributed by atoms with Crippen molar-refractivity contribution < 1.29 is 27.7 Å². The van der Waals surface area contributed by atoms with Gasteiger partial charge in [0.1, 0.15) is 4.90 Å². The van der Waals surface area contributed by atoms with Gasteiger partial charge in [-0.1, -0.05) is 24.3 Å². The van der Waals surface area contributed by atoms with E-state index in [9.17, 15) is 22.6 Å². The Labute approximate surface area is 138 Å². The molecule has 0 atom stereocenters. The summed E-state index contributed by atoms with van der Waals surface area (Å²) >= 11 is 0. The van der Waals surface area contributed by atoms with Crippen molar-refractivity contribution in [2.75, 3.05) is 5.32 Å². The minimum atomic E-state index is -4.49. The van der Waals surface area contributed by atoms with E-state index in [2.05, 4.69) is 5.32 Å². The molecule has 2 aromatic rings. The van der Waals surface area contributed by atoms with Gasteiger partial charge in [0, 0.05) is 18.2 Å². The van der Waals surface area contributed by atoms with Crippen LogP contribution in [0.2, 0.25) is 0 Å². The van der Waals surface area contributed by atoms with Crippen LogP contribution in [0.4, 0.5) is 5.69 Å². The van der Waals surface area contributed by atoms with Crippen molar-refractivity contribution in [3.8, 4) is 11.1 Å². The maximum atomic E-state index is 11.6. The van der Waals surface area contributed by atoms with Crippen molar-refractivity contribution in [1.82, 2.24) is 0 Å². The molecule has 1 amide bonds. The summed E-state index contributed by atoms with van der Waals surface area (Å²) < 4.78 is 32.6. The molecule has 0 saturated heterocycles. The van der Waals surface area contributed by atoms with E-state index in [1.54, 1.807) is 18.2 Å². The Balaban J connectivity index is 2.61. The molecule has 0 spiro atoms. The number of hydrogen-bond donors (Lipinski definition) is 3. The summed E-state index contributed by atoms with van der Waals surface area (Å²) in [6.45, 7) is 1.31. The highest BCUT2D eigenvalue weighted by atomic mass is 32.2. The van der Waals surface area contributed by atoms with Crippen LogP contribution in [0.1, 0.15) is 12.5 Å². The van der Waals surface area contributed by atoms with Gasteiger partial charge in [0.15, 0.2) is 0 Å². The number of nitrogens with one attached hydrogen (secondary N) is 1. The van der Waals surface area contributed by atoms with Gasteiger partial charge in [-0.25, -0.2) is 0 Å². The first-order valence-electron chi connectivity index (χ1n) is 6.87. The number of carboxylic acids is 1. The van der Waals surface area contributed by atoms with Crippen LogP contribution in [-0.4, -0.2) is 30.0 Å². The topological polar surface area (TPSA) is 121 Å². The Hall–Kier alpha value is -2.71. The van der Waals surface area contributed by atoms with Gasteiger partial charge in [0.05, 0.1) is 6.42 Å². The van der Waals surface area contributed by atoms with Crippen LogP contribution in [0.25, 0.3) is 11.1 Å². The van der Waals surface area contributed by atoms with E-state index >= 15 is 0 Å². The van der Waals surface area contributed by atoms with Crippen molar-refractivity contribution in [2.45, 2.75) is 18.2 Å². The van der Waals surface area contributed by atoms with Gasteiger partial charge in [-0.15, -0.1) is 0 Å². The Morgan fingerprint density at radius 2 is 1.83 bits per heavy atom. The van der Waals surface area contributed by atoms with Crippen LogP contribution in [0.5, 0.6) is 0 Å². The smallest absolute Gasteiger partial charge is 0.307 e. The molecule has 24 heavy (non-hydrogen) atoms. The largest absolute Gasteiger partial charge is 0.481 e. The van der Waals surface area contributed by atoms with Crippen LogP contribution in [0.3, 0.4) is 0 Å². The molecule has 0 aliphatic carbocycles. The molecular weight excluding hydrogens is 334 g/mol. The van der Waals surface area contributed by atoms with Gasteiger partial charge < -0.3 is 10.4 Å². The maximum Gasteiger partial charge on any atom is 0.307 e. The molecule has 0 fully saturated rings. The van der Waals surface area contributed by atoms with Crippen LogP contribution in [-0.2, 0) is 26.1 Å². The molecule has 0 aliphatic rings. The number of hydrogen-bond acceptors (Lipinski definition) is 4. The third-order valence-corrected chi connectivity index (χ3v) is 4.08. The fourth-order valence-electron chi connectivity index (χ4n) is 2.28. The van der Waals surface area contributed by atoms with Crippen molar-refractivity contribution in [3.63, 3.8) is 0 Å². The first-order valence-corrected chi connectivity index (χ1v) is 8.31. The standard InChI is InChI=1S/C16H15NO6S/c1-10(18)17-13-5-6-15(24(21,22)23)14(9-13)12-4-2-3-11(7-12)8-16(19)20/h2-7,9H,8H2,1H3,(H,17,18)(H,19,20)(H,21,22,23). The Morgan fingerprint density at radius 3 is 2.42 bits per heavy atom. The summed E-state index contributed by atoms with van der Waals surface area (Å²) in [5.74, 6) is -1.35. The fourth-order valence-corrected chi connectivity index (χ4v) is 2.98. The number of aliphatic carboxylic acids is 1. The molecule has 8 heteroatoms. The zero-order valence-corrected chi connectivity index (χ0v) is 13.5. The van der Waals surface area contributed by atoms with E-state index in [4.69, 9.17) is 5.11 Å². The lowest BCUT2D eigenvalue weighted by Crippen LogP contribution is -2.07. The van der Waals surface area contributed by atoms with Crippen molar-refractivity contribution in [3.05, 3.63) is 48.0 Å². The van der Waals surface area contributed by atoms with E-state index in [1.807, 2.05) is 0 Å². The molecule has 0 heterocycles. The average molecular weight is 349 g/mol. The number of amides is 1. The van der Waals surface area contributed by atoms with Crippen LogP contribution in [0.15, 0.2) is 47.4 Å². The lowest BCUT2D eigenvalue weighted by Gasteiger charge is -2.11. The van der Waals surface area contributed by atoms with Gasteiger partial charge in [0.25, 0.3) is 10.1 Å². The molecule has 0 aliphatic heterocycles. The average Bonchev–Trinajstić information content (AvgIpc) is 2.45. The first kappa shape index (κ1) is 17.6. The fraction of sp³-hybridized carbons (Fsp3) is 0.125. The van der Waals surface area contributed by atoms with E-state index in [0.717, 1.165) is 0 Å². The van der Waals surface area contributed by atoms with E-state index in [1.165, 1.54) is 31.2 Å². The minimum Gasteiger partial charge on any atom is -0.481 e. The number of rotatable bonds is 5. The second-order valence-electron chi connectivity index (χ2n) is 5.14. The van der Waals surface area contributed by atoms with E-state index in [0.29, 0.717) is 16.8 Å². The second-order valence-corrected chi connectivity index (χ2v) is 6.53. The van der Waals surface area contributed by atoms with Gasteiger partial charge in [0.2, 0.25) is 5.91 Å². The molecule has 0 saturated carbocycles. The molecule has 7 nitrogen and oxygen atoms in total. The highest BCUT2D eigenvalue weighted by molar-refractivity contribution is 7.86. The van der Waals surface area contributed by atoms with Gasteiger partial charge >= 0.3 is 5.97 Å². The predicted molar refractivity (Wildman–Crippen MR) is 87.3 cm³/mol. The zero-order chi connectivity index (χ0) is 17.9. The first-order chi connectivity index (χ1) is 11.2. The predicted octanol–water partition coefficient (Wildman–Crippen LogP) is 2.19. The summed E-state index contributed by atoms with van der Waals surface area (Å²) in [5, 5.41) is 11.4. The number of benzene rings is 2. The second kappa shape index (κ2) is 6.81. The molecule has 2 aromatic carbocycles. The highest BCUT2D eigenvalue weighted by Crippen LogP contribution is 2.31. The van der Waals surface area contributed by atoms with Crippen molar-refractivity contribution in [1.29, 1.82) is 0 Å². The summed E-state index contributed by atoms with van der Waals surface area (Å²) in [6, 6.07) is 10.2. The van der Waals surface area contributed by atoms with Crippen molar-refractivity contribution in [2.24, 2.45) is 0 Å². The minimum absolute atomic E-state index is 0.163. The lowest BCUT2D eigenvalue weighted by atomic mass is 10.0. The van der Waals surface area contributed by atoms with Crippen LogP contribution >= 0.6 is 0 Å². The Bertz CT molecular complexity index is 905. The highest BCUT2D eigenvalue weighted by Gasteiger charge is 2.18. The molecule has 0 aromatic heterocycles. The molecule has 126 valence electrons. The third kappa shape index (κ3) is 4.40. The number of carboxylic acid groups (broad SMARTS) is 1. The van der Waals surface area contributed by atoms with Gasteiger partial charge in [-0.3, -0.25) is 14.1 Å². The van der Waals surface area contributed by atoms with Gasteiger partial charge in [-0.05, 0) is 29.3 Å². The number of carbonyl (C=O) groups excluding carboxylic acids is 1. The molecule has 2 rings (SSSR count). The Kier molecular flexibility index (Phi) is 5.01. The molecule has 0 unspecified atom stereocenters. The molecular formula is C16H15NO6S. The summed E-state index contributed by atoms with van der Waals surface area (Å²) in [4.78, 5) is 21.7. The van der Waals surface area contributed by atoms with Crippen LogP contribution < -0.4 is 5.32 Å². The zero-order valence-electron chi connectivity index (χ0n) is 12.7. The number of carbonyl (C=O) groups is 2. The number of anilines is 1. The van der Waals surface area contributed by atoms with Crippen molar-refractivity contribution >= 4 is 27.7 Å². The molecule has 3 N–H and O–H groups in total. The van der Waals surface area contributed by atoms with Crippen LogP contribution in [0, 0.1) is 0 Å². The summed E-state index contributed by atoms with van der Waals surface area (Å²) in [7, 11) is -4.49. The Morgan fingerprint density at radius 1 is 1.12 bits per heavy atom. The quantitative estimate of drug-likeness (QED) is 0.712. The van der Waals surface area contributed by atoms with E-state index < -0.39 is 16.1 Å². The third-order valence-electron chi connectivity index (χ3n) is 3.17. The van der Waals surface area contributed by atoms with E-state index in [-0.39, 0.29) is 22.8 Å².